The molecule has 0 spiro atoms. The molecular weight excluding hydrogens is 407 g/mol. The van der Waals surface area contributed by atoms with E-state index in [4.69, 9.17) is 0 Å². The Hall–Kier alpha value is -1.18. The number of alkyl halides is 2. The molecule has 1 rings (SSSR count). The third kappa shape index (κ3) is 2.16. The third-order valence-electron chi connectivity index (χ3n) is 2.32. The van der Waals surface area contributed by atoms with Gasteiger partial charge in [-0.25, -0.2) is 8.78 Å². The minimum Gasteiger partial charge on any atom is -0.339 e. The molecule has 1 heterocycles. The molecule has 0 N–H and O–H groups in total. The standard InChI is InChI=1S/C8H14F2N.No/c1-6-5-11(2)4-3-7(6)8(9)10;/h6-8H,1,3-5H2,2H3;/q-1;. The van der Waals surface area contributed by atoms with Gasteiger partial charge in [-0.05, 0) is 32.5 Å². The Bertz CT molecular complexity index is 132. The van der Waals surface area contributed by atoms with E-state index in [1.54, 1.807) is 0 Å². The molecule has 0 aromatic heterocycles. The number of nitrogens with zero attached hydrogens (tertiary/aromatic N) is 1. The van der Waals surface area contributed by atoms with Gasteiger partial charge in [0, 0.05) is 0 Å². The van der Waals surface area contributed by atoms with Gasteiger partial charge in [-0.15, -0.1) is 5.92 Å². The maximum atomic E-state index is 12.2. The van der Waals surface area contributed by atoms with Crippen molar-refractivity contribution in [2.24, 2.45) is 11.8 Å². The maximum absolute atomic E-state index is 12.2. The summed E-state index contributed by atoms with van der Waals surface area (Å²) in [5.41, 5.74) is 0. The predicted octanol–water partition coefficient (Wildman–Crippen LogP) is 1.65. The van der Waals surface area contributed by atoms with Crippen LogP contribution in [0.3, 0.4) is 0 Å². The molecule has 2 unspecified atom stereocenters. The van der Waals surface area contributed by atoms with Gasteiger partial charge in [0.25, 0.3) is 0 Å². The van der Waals surface area contributed by atoms with Gasteiger partial charge in [-0.2, -0.15) is 0 Å². The van der Waals surface area contributed by atoms with E-state index in [9.17, 15) is 8.78 Å². The fraction of sp³-hybridized carbons (Fsp3) is 0.875. The second-order valence-electron chi connectivity index (χ2n) is 3.31. The molecule has 1 fully saturated rings. The Morgan fingerprint density at radius 2 is 2.08 bits per heavy atom. The van der Waals surface area contributed by atoms with Crippen molar-refractivity contribution in [3.8, 4) is 0 Å². The van der Waals surface area contributed by atoms with Gasteiger partial charge in [0.15, 0.2) is 0 Å². The molecule has 80 valence electrons. The van der Waals surface area contributed by atoms with E-state index in [0.29, 0.717) is 13.0 Å². The molecule has 0 radical (unpaired) electrons. The van der Waals surface area contributed by atoms with Gasteiger partial charge in [-0.3, -0.25) is 0 Å². The fourth-order valence-electron chi connectivity index (χ4n) is 1.56. The number of rotatable bonds is 1. The van der Waals surface area contributed by atoms with Crippen LogP contribution in [0, 0.1) is 18.8 Å². The van der Waals surface area contributed by atoms with Crippen molar-refractivity contribution in [3.63, 3.8) is 0 Å². The Kier molecular flexibility index (Phi) is 3.61. The van der Waals surface area contributed by atoms with Crippen molar-refractivity contribution < 1.29 is 8.78 Å². The summed E-state index contributed by atoms with van der Waals surface area (Å²) in [5.74, 6) is -0.583. The van der Waals surface area contributed by atoms with Crippen molar-refractivity contribution in [1.29, 1.82) is 0 Å². The number of hydrogen-bond donors (Lipinski definition) is 0. The predicted molar refractivity (Wildman–Crippen MR) is 40.5 cm³/mol. The first-order valence-electron chi connectivity index (χ1n) is 3.91. The first kappa shape index (κ1) is 10.8. The van der Waals surface area contributed by atoms with Crippen LogP contribution >= 0.6 is 0 Å². The van der Waals surface area contributed by atoms with Gasteiger partial charge < -0.3 is 11.8 Å². The summed E-state index contributed by atoms with van der Waals surface area (Å²) in [4.78, 5) is 2.05. The van der Waals surface area contributed by atoms with E-state index in [2.05, 4.69) is 11.8 Å². The molecule has 0 aromatic rings. The van der Waals surface area contributed by atoms with Crippen LogP contribution in [0.25, 0.3) is 0 Å². The third-order valence-corrected chi connectivity index (χ3v) is 2.32. The zero-order valence-corrected chi connectivity index (χ0v) is 9.26. The van der Waals surface area contributed by atoms with E-state index in [1.807, 2.05) is 7.05 Å². The molecule has 0 amide bonds. The van der Waals surface area contributed by atoms with Crippen LogP contribution in [-0.2, 0) is 0 Å². The quantitative estimate of drug-likeness (QED) is 0.583. The van der Waals surface area contributed by atoms with Crippen molar-refractivity contribution in [3.05, 3.63) is 6.92 Å². The largest absolute Gasteiger partial charge is 0.339 e. The molecule has 12 heavy (non-hydrogen) atoms. The molecule has 2 atom stereocenters. The van der Waals surface area contributed by atoms with Crippen molar-refractivity contribution in [1.82, 2.24) is 4.90 Å². The van der Waals surface area contributed by atoms with Gasteiger partial charge in [-0.1, -0.05) is 0 Å². The number of likely N-dealkylation sites (tertiary alicyclic amines) is 1. The molecule has 0 aliphatic carbocycles. The van der Waals surface area contributed by atoms with Crippen LogP contribution in [0.2, 0.25) is 0 Å². The average Bonchev–Trinajstić information content (AvgIpc) is 1.85. The summed E-state index contributed by atoms with van der Waals surface area (Å²) in [6, 6.07) is 0. The van der Waals surface area contributed by atoms with E-state index >= 15 is 0 Å². The summed E-state index contributed by atoms with van der Waals surface area (Å²) in [5, 5.41) is 0. The fourth-order valence-corrected chi connectivity index (χ4v) is 1.56. The smallest absolute Gasteiger partial charge is 0.239 e. The zero-order valence-electron chi connectivity index (χ0n) is 7.03. The van der Waals surface area contributed by atoms with Gasteiger partial charge >= 0.3 is 0 Å². The maximum Gasteiger partial charge on any atom is 0.239 e. The SMILES string of the molecule is [CH2-]C1CN(C)CCC1C(F)F.[No]. The number of hydrogen-bond acceptors (Lipinski definition) is 1. The minimum absolute atomic E-state index is 0. The molecule has 0 aromatic carbocycles. The summed E-state index contributed by atoms with van der Waals surface area (Å²) in [7, 11) is 1.94. The van der Waals surface area contributed by atoms with E-state index in [-0.39, 0.29) is 5.92 Å². The topological polar surface area (TPSA) is 3.24 Å². The summed E-state index contributed by atoms with van der Waals surface area (Å²) < 4.78 is 24.5. The van der Waals surface area contributed by atoms with Crippen LogP contribution in [0.4, 0.5) is 8.78 Å². The normalized spacial score (nSPS) is 31.8. The number of halogens is 2. The van der Waals surface area contributed by atoms with Crippen molar-refractivity contribution in [2.75, 3.05) is 20.1 Å². The van der Waals surface area contributed by atoms with Crippen LogP contribution < -0.4 is 0 Å². The van der Waals surface area contributed by atoms with E-state index in [1.165, 1.54) is 0 Å². The van der Waals surface area contributed by atoms with Crippen LogP contribution in [0.15, 0.2) is 0 Å². The summed E-state index contributed by atoms with van der Waals surface area (Å²) in [6.45, 7) is 5.21. The summed E-state index contributed by atoms with van der Waals surface area (Å²) >= 11 is 0. The van der Waals surface area contributed by atoms with Crippen molar-refractivity contribution in [2.45, 2.75) is 12.8 Å². The molecule has 4 heteroatoms. The Balaban J connectivity index is 0.00000121. The molecule has 1 aliphatic rings. The first-order chi connectivity index (χ1) is 5.11. The molecule has 1 aliphatic heterocycles. The average molecular weight is 421 g/mol. The molecule has 1 saturated heterocycles. The summed E-state index contributed by atoms with van der Waals surface area (Å²) in [6.07, 6.45) is -1.60. The van der Waals surface area contributed by atoms with Crippen LogP contribution in [0.5, 0.6) is 0 Å². The number of piperidine rings is 1. The van der Waals surface area contributed by atoms with Crippen LogP contribution in [-0.4, -0.2) is 31.5 Å². The molecule has 0 saturated carbocycles. The molecule has 0 bridgehead atoms. The Morgan fingerprint density at radius 1 is 1.50 bits per heavy atom. The monoisotopic (exact) mass is 421 g/mol. The Labute approximate surface area is 66.4 Å². The molecular formula is C8H14F2NNo-. The minimum atomic E-state index is -2.19. The van der Waals surface area contributed by atoms with Gasteiger partial charge in [0.05, 0.1) is 0 Å². The zero-order chi connectivity index (χ0) is 8.43. The second-order valence-corrected chi connectivity index (χ2v) is 3.31. The van der Waals surface area contributed by atoms with E-state index < -0.39 is 12.3 Å². The Morgan fingerprint density at radius 3 is 2.50 bits per heavy atom. The van der Waals surface area contributed by atoms with Crippen molar-refractivity contribution >= 4 is 0 Å². The second kappa shape index (κ2) is 4.00. The van der Waals surface area contributed by atoms with Crippen LogP contribution in [0.1, 0.15) is 6.42 Å². The van der Waals surface area contributed by atoms with Gasteiger partial charge in [0.1, 0.15) is 0 Å². The van der Waals surface area contributed by atoms with Gasteiger partial charge in [0.2, 0.25) is 6.43 Å². The first-order valence-corrected chi connectivity index (χ1v) is 3.91. The van der Waals surface area contributed by atoms with E-state index in [0.717, 1.165) is 6.54 Å². The molecule has 1 nitrogen and oxygen atoms in total.